The summed E-state index contributed by atoms with van der Waals surface area (Å²) in [6.45, 7) is 0. The topological polar surface area (TPSA) is 43.6 Å². The third kappa shape index (κ3) is 5.26. The van der Waals surface area contributed by atoms with E-state index in [0.29, 0.717) is 33.1 Å². The number of hydrogen-bond acceptors (Lipinski definition) is 3. The van der Waals surface area contributed by atoms with Gasteiger partial charge in [0.1, 0.15) is 0 Å². The Morgan fingerprint density at radius 1 is 0.382 bits per heavy atom. The molecule has 9 aromatic carbocycles. The largest absolute Gasteiger partial charge is 0.309 e. The Labute approximate surface area is 342 Å². The van der Waals surface area contributed by atoms with Gasteiger partial charge in [0.05, 0.1) is 41.4 Å². The van der Waals surface area contributed by atoms with Crippen LogP contribution in [-0.4, -0.2) is 19.5 Å². The van der Waals surface area contributed by atoms with Crippen LogP contribution in [0, 0.1) is 0 Å². The first-order valence-corrected chi connectivity index (χ1v) is 17.1. The molecule has 2 heterocycles. The van der Waals surface area contributed by atoms with Crippen molar-refractivity contribution in [3.05, 3.63) is 194 Å². The maximum absolute atomic E-state index is 9.39. The predicted octanol–water partition coefficient (Wildman–Crippen LogP) is 13.1. The highest BCUT2D eigenvalue weighted by atomic mass is 15.0. The summed E-state index contributed by atoms with van der Waals surface area (Å²) in [4.78, 5) is 14.3. The van der Waals surface area contributed by atoms with Crippen LogP contribution in [0.2, 0.25) is 0 Å². The predicted molar refractivity (Wildman–Crippen MR) is 228 cm³/mol. The van der Waals surface area contributed by atoms with Crippen LogP contribution < -0.4 is 0 Å². The van der Waals surface area contributed by atoms with Crippen LogP contribution >= 0.6 is 0 Å². The Kier molecular flexibility index (Phi) is 4.14. The Morgan fingerprint density at radius 3 is 1.80 bits per heavy atom. The Bertz CT molecular complexity index is 4300. The standard InChI is InChI=1S/C51H32N4/c1-2-12-33(13-3-1)38-26-27-44-43-20-10-11-21-46(43)55(48(44)32-38)47-29-28-45(41-18-8-9-19-42(41)47)51-53-49(39-24-22-34-14-4-6-16-36(34)30-39)52-50(54-51)40-25-23-35-15-5-7-17-37(35)31-40/h1-32H/i1D,2D,3D,4D,5D,6D,7D,12D,13D,14D,15D,16D,17D,22D,23D,24D,30D,31D. The highest BCUT2D eigenvalue weighted by Gasteiger charge is 2.19. The van der Waals surface area contributed by atoms with E-state index < -0.39 is 102 Å². The molecule has 11 rings (SSSR count). The summed E-state index contributed by atoms with van der Waals surface area (Å²) >= 11 is 0. The van der Waals surface area contributed by atoms with Crippen LogP contribution in [0.5, 0.6) is 0 Å². The molecule has 11 aromatic rings. The van der Waals surface area contributed by atoms with Crippen molar-refractivity contribution in [3.63, 3.8) is 0 Å². The molecule has 0 saturated heterocycles. The van der Waals surface area contributed by atoms with E-state index in [1.165, 1.54) is 6.07 Å². The molecule has 0 atom stereocenters. The quantitative estimate of drug-likeness (QED) is 0.178. The van der Waals surface area contributed by atoms with Gasteiger partial charge in [-0.25, -0.2) is 15.0 Å². The number of aromatic nitrogens is 4. The fourth-order valence-electron chi connectivity index (χ4n) is 7.02. The molecule has 55 heavy (non-hydrogen) atoms. The molecule has 2 aromatic heterocycles. The number of nitrogens with zero attached hydrogens (tertiary/aromatic N) is 4. The second-order valence-corrected chi connectivity index (χ2v) is 12.6. The van der Waals surface area contributed by atoms with Crippen LogP contribution in [0.3, 0.4) is 0 Å². The molecule has 0 aliphatic heterocycles. The summed E-state index contributed by atoms with van der Waals surface area (Å²) in [6, 6.07) is 15.1. The van der Waals surface area contributed by atoms with Gasteiger partial charge in [0.25, 0.3) is 0 Å². The lowest BCUT2D eigenvalue weighted by Crippen LogP contribution is -2.02. The molecular weight excluding hydrogens is 669 g/mol. The summed E-state index contributed by atoms with van der Waals surface area (Å²) in [6.07, 6.45) is 0. The van der Waals surface area contributed by atoms with Gasteiger partial charge >= 0.3 is 0 Å². The zero-order valence-corrected chi connectivity index (χ0v) is 28.4. The molecule has 0 N–H and O–H groups in total. The van der Waals surface area contributed by atoms with Crippen molar-refractivity contribution in [2.45, 2.75) is 0 Å². The van der Waals surface area contributed by atoms with Gasteiger partial charge < -0.3 is 4.57 Å². The summed E-state index contributed by atoms with van der Waals surface area (Å²) in [7, 11) is 0. The van der Waals surface area contributed by atoms with Gasteiger partial charge in [0, 0.05) is 32.8 Å². The lowest BCUT2D eigenvalue weighted by atomic mass is 10.0. The van der Waals surface area contributed by atoms with Crippen molar-refractivity contribution >= 4 is 54.1 Å². The average molecular weight is 719 g/mol. The molecule has 0 fully saturated rings. The van der Waals surface area contributed by atoms with Crippen LogP contribution in [0.15, 0.2) is 194 Å². The van der Waals surface area contributed by atoms with Crippen molar-refractivity contribution in [1.82, 2.24) is 19.5 Å². The first-order valence-electron chi connectivity index (χ1n) is 26.1. The number of hydrogen-bond donors (Lipinski definition) is 0. The third-order valence-corrected chi connectivity index (χ3v) is 9.50. The van der Waals surface area contributed by atoms with E-state index in [-0.39, 0.29) is 62.4 Å². The monoisotopic (exact) mass is 718 g/mol. The van der Waals surface area contributed by atoms with Crippen LogP contribution in [0.4, 0.5) is 0 Å². The van der Waals surface area contributed by atoms with E-state index in [0.717, 1.165) is 16.3 Å². The molecular formula is C51H32N4. The summed E-state index contributed by atoms with van der Waals surface area (Å²) in [5.74, 6) is -0.826. The zero-order chi connectivity index (χ0) is 52.0. The fraction of sp³-hybridized carbons (Fsp3) is 0. The van der Waals surface area contributed by atoms with Gasteiger partial charge in [0.15, 0.2) is 17.5 Å². The first kappa shape index (κ1) is 18.1. The smallest absolute Gasteiger partial charge is 0.164 e. The minimum atomic E-state index is -0.672. The Balaban J connectivity index is 1.21. The number of para-hydroxylation sites is 1. The summed E-state index contributed by atoms with van der Waals surface area (Å²) < 4.78 is 158. The lowest BCUT2D eigenvalue weighted by molar-refractivity contribution is 1.08. The highest BCUT2D eigenvalue weighted by Crippen LogP contribution is 2.39. The summed E-state index contributed by atoms with van der Waals surface area (Å²) in [5, 5.41) is 1.61. The molecule has 0 bridgehead atoms. The maximum atomic E-state index is 9.39. The Morgan fingerprint density at radius 2 is 1.00 bits per heavy atom. The van der Waals surface area contributed by atoms with Gasteiger partial charge in [-0.1, -0.05) is 157 Å². The second-order valence-electron chi connectivity index (χ2n) is 12.6. The molecule has 4 nitrogen and oxygen atoms in total. The van der Waals surface area contributed by atoms with Crippen LogP contribution in [0.1, 0.15) is 24.7 Å². The minimum absolute atomic E-state index is 0.0301. The fourth-order valence-corrected chi connectivity index (χ4v) is 7.02. The van der Waals surface area contributed by atoms with E-state index in [9.17, 15) is 4.11 Å². The summed E-state index contributed by atoms with van der Waals surface area (Å²) in [5.41, 5.74) is 2.22. The number of rotatable bonds is 5. The van der Waals surface area contributed by atoms with Gasteiger partial charge in [-0.15, -0.1) is 0 Å². The van der Waals surface area contributed by atoms with Crippen molar-refractivity contribution in [3.8, 4) is 51.0 Å². The molecule has 0 radical (unpaired) electrons. The molecule has 0 aliphatic carbocycles. The van der Waals surface area contributed by atoms with Gasteiger partial charge in [-0.2, -0.15) is 0 Å². The normalized spacial score (nSPS) is 16.2. The SMILES string of the molecule is [2H]c1c([2H])c([2H])c(-c2ccc3c4ccccc4n(-c4ccc(-c5nc(-c6cc([2H])c7c([2H])c([2H])c([2H])c([2H])c7c6[2H])nc(-c6c([2H])c([2H])c7c([2H])c([2H])c([2H])c([2H])c7c6[2H])n5)c5ccccc45)c3c2)c([2H])c1[2H]. The van der Waals surface area contributed by atoms with E-state index in [4.69, 9.17) is 30.5 Å². The number of fused-ring (bicyclic) bond motifs is 6. The highest BCUT2D eigenvalue weighted by molar-refractivity contribution is 6.12. The van der Waals surface area contributed by atoms with Crippen LogP contribution in [0.25, 0.3) is 105 Å². The zero-order valence-electron chi connectivity index (χ0n) is 46.4. The van der Waals surface area contributed by atoms with Gasteiger partial charge in [0.2, 0.25) is 0 Å². The van der Waals surface area contributed by atoms with Gasteiger partial charge in [-0.3, -0.25) is 0 Å². The van der Waals surface area contributed by atoms with E-state index in [2.05, 4.69) is 4.98 Å². The molecule has 0 amide bonds. The molecule has 4 heteroatoms. The molecule has 0 aliphatic rings. The first-order chi connectivity index (χ1) is 34.7. The molecule has 0 spiro atoms. The van der Waals surface area contributed by atoms with E-state index >= 15 is 0 Å². The maximum Gasteiger partial charge on any atom is 0.164 e. The second kappa shape index (κ2) is 12.6. The minimum Gasteiger partial charge on any atom is -0.309 e. The molecule has 0 saturated carbocycles. The van der Waals surface area contributed by atoms with Crippen molar-refractivity contribution in [1.29, 1.82) is 0 Å². The molecule has 0 unspecified atom stereocenters. The van der Waals surface area contributed by atoms with E-state index in [1.807, 2.05) is 47.0 Å². The lowest BCUT2D eigenvalue weighted by Gasteiger charge is -2.15. The Hall–Kier alpha value is -7.43. The average Bonchev–Trinajstić information content (AvgIpc) is 3.71. The van der Waals surface area contributed by atoms with Crippen molar-refractivity contribution < 1.29 is 24.7 Å². The third-order valence-electron chi connectivity index (χ3n) is 9.50. The van der Waals surface area contributed by atoms with Gasteiger partial charge in [-0.05, 0) is 74.4 Å². The van der Waals surface area contributed by atoms with Crippen molar-refractivity contribution in [2.24, 2.45) is 0 Å². The number of benzene rings is 9. The molecule has 256 valence electrons. The van der Waals surface area contributed by atoms with Crippen LogP contribution in [-0.2, 0) is 0 Å². The van der Waals surface area contributed by atoms with E-state index in [1.54, 1.807) is 36.4 Å². The van der Waals surface area contributed by atoms with Crippen molar-refractivity contribution in [2.75, 3.05) is 0 Å².